The van der Waals surface area contributed by atoms with Gasteiger partial charge in [-0.2, -0.15) is 16.8 Å². The molecule has 0 saturated carbocycles. The Kier molecular flexibility index (Phi) is 11.9. The Morgan fingerprint density at radius 1 is 1.00 bits per heavy atom. The van der Waals surface area contributed by atoms with Crippen LogP contribution in [-0.2, 0) is 22.8 Å². The highest BCUT2D eigenvalue weighted by molar-refractivity contribution is 7.98. The van der Waals surface area contributed by atoms with Gasteiger partial charge in [0.15, 0.2) is 0 Å². The van der Waals surface area contributed by atoms with Crippen molar-refractivity contribution >= 4 is 23.6 Å². The zero-order valence-electron chi connectivity index (χ0n) is 22.5. The number of hydrogen-bond acceptors (Lipinski definition) is 5. The lowest BCUT2D eigenvalue weighted by atomic mass is 9.93. The summed E-state index contributed by atoms with van der Waals surface area (Å²) in [6.07, 6.45) is 4.35. The molecule has 1 atom stereocenters. The number of rotatable bonds is 15. The summed E-state index contributed by atoms with van der Waals surface area (Å²) in [4.78, 5) is 31.3. The third-order valence-electron chi connectivity index (χ3n) is 6.35. The first-order chi connectivity index (χ1) is 18.4. The highest BCUT2D eigenvalue weighted by atomic mass is 32.2. The second-order valence-electron chi connectivity index (χ2n) is 9.32. The number of hydrogen-bond donors (Lipinski definition) is 2. The Morgan fingerprint density at radius 2 is 1.74 bits per heavy atom. The molecule has 0 saturated heterocycles. The normalized spacial score (nSPS) is 11.9. The summed E-state index contributed by atoms with van der Waals surface area (Å²) in [6, 6.07) is 22.8. The van der Waals surface area contributed by atoms with Crippen molar-refractivity contribution in [2.75, 3.05) is 18.6 Å². The summed E-state index contributed by atoms with van der Waals surface area (Å²) < 4.78 is 0. The average Bonchev–Trinajstić information content (AvgIpc) is 2.93. The Bertz CT molecular complexity index is 1190. The van der Waals surface area contributed by atoms with Gasteiger partial charge in [-0.3, -0.25) is 9.63 Å². The first-order valence-corrected chi connectivity index (χ1v) is 14.5. The Balaban J connectivity index is 1.89. The molecule has 1 unspecified atom stereocenters. The summed E-state index contributed by atoms with van der Waals surface area (Å²) in [5.74, 6) is -0.757. The van der Waals surface area contributed by atoms with Crippen LogP contribution in [0.2, 0.25) is 0 Å². The van der Waals surface area contributed by atoms with Crippen molar-refractivity contribution < 1.29 is 19.5 Å². The number of unbranched alkanes of at least 4 members (excludes halogenated alkanes) is 1. The third kappa shape index (κ3) is 8.72. The predicted octanol–water partition coefficient (Wildman–Crippen LogP) is 6.33. The monoisotopic (exact) mass is 534 g/mol. The minimum Gasteiger partial charge on any atom is -0.480 e. The van der Waals surface area contributed by atoms with Crippen molar-refractivity contribution in [1.82, 2.24) is 10.4 Å². The van der Waals surface area contributed by atoms with E-state index in [1.54, 1.807) is 17.8 Å². The van der Waals surface area contributed by atoms with Crippen molar-refractivity contribution in [3.8, 4) is 11.1 Å². The van der Waals surface area contributed by atoms with Gasteiger partial charge in [0.25, 0.3) is 5.91 Å². The maximum atomic E-state index is 13.3. The molecule has 7 heteroatoms. The number of amides is 1. The maximum Gasteiger partial charge on any atom is 0.326 e. The minimum absolute atomic E-state index is 0.366. The van der Waals surface area contributed by atoms with Gasteiger partial charge in [-0.05, 0) is 71.7 Å². The number of hydroxylamine groups is 2. The van der Waals surface area contributed by atoms with Gasteiger partial charge in [-0.15, -0.1) is 0 Å². The second kappa shape index (κ2) is 15.3. The Hall–Kier alpha value is -3.13. The highest BCUT2D eigenvalue weighted by Gasteiger charge is 2.23. The quantitative estimate of drug-likeness (QED) is 0.222. The van der Waals surface area contributed by atoms with Crippen LogP contribution in [0.4, 0.5) is 0 Å². The summed E-state index contributed by atoms with van der Waals surface area (Å²) in [6.45, 7) is 6.02. The fourth-order valence-corrected chi connectivity index (χ4v) is 4.65. The molecule has 6 nitrogen and oxygen atoms in total. The van der Waals surface area contributed by atoms with Crippen LogP contribution < -0.4 is 5.32 Å². The fraction of sp³-hybridized carbons (Fsp3) is 0.355. The molecule has 3 aromatic carbocycles. The summed E-state index contributed by atoms with van der Waals surface area (Å²) in [7, 11) is 0. The lowest BCUT2D eigenvalue weighted by molar-refractivity contribution is -0.177. The van der Waals surface area contributed by atoms with Crippen molar-refractivity contribution in [2.24, 2.45) is 0 Å². The number of benzene rings is 3. The number of aliphatic carboxylic acids is 1. The van der Waals surface area contributed by atoms with E-state index >= 15 is 0 Å². The number of nitrogens with zero attached hydrogens (tertiary/aromatic N) is 1. The number of aryl methyl sites for hydroxylation is 1. The molecule has 2 N–H and O–H groups in total. The van der Waals surface area contributed by atoms with Gasteiger partial charge < -0.3 is 10.4 Å². The van der Waals surface area contributed by atoms with Crippen LogP contribution in [0, 0.1) is 6.92 Å². The van der Waals surface area contributed by atoms with Crippen LogP contribution in [0.25, 0.3) is 11.1 Å². The molecule has 3 rings (SSSR count). The Labute approximate surface area is 230 Å². The maximum absolute atomic E-state index is 13.3. The van der Waals surface area contributed by atoms with Gasteiger partial charge in [0.1, 0.15) is 6.04 Å². The molecule has 0 aliphatic rings. The van der Waals surface area contributed by atoms with E-state index in [0.29, 0.717) is 30.9 Å². The van der Waals surface area contributed by atoms with Crippen LogP contribution in [0.5, 0.6) is 0 Å². The number of thioether (sulfide) groups is 1. The van der Waals surface area contributed by atoms with Gasteiger partial charge >= 0.3 is 5.97 Å². The summed E-state index contributed by atoms with van der Waals surface area (Å²) >= 11 is 1.56. The van der Waals surface area contributed by atoms with Crippen LogP contribution in [-0.4, -0.2) is 46.6 Å². The fourth-order valence-electron chi connectivity index (χ4n) is 4.18. The van der Waals surface area contributed by atoms with Crippen LogP contribution in [0.1, 0.15) is 53.2 Å². The molecule has 0 aliphatic heterocycles. The van der Waals surface area contributed by atoms with Gasteiger partial charge in [0, 0.05) is 18.7 Å². The number of carboxylic acid groups (broad SMARTS) is 1. The van der Waals surface area contributed by atoms with Gasteiger partial charge in [0.2, 0.25) is 0 Å². The molecule has 0 bridgehead atoms. The van der Waals surface area contributed by atoms with Crippen LogP contribution in [0.3, 0.4) is 0 Å². The van der Waals surface area contributed by atoms with Crippen LogP contribution in [0.15, 0.2) is 72.8 Å². The minimum atomic E-state index is -1.02. The first-order valence-electron chi connectivity index (χ1n) is 13.1. The smallest absolute Gasteiger partial charge is 0.326 e. The zero-order valence-corrected chi connectivity index (χ0v) is 23.3. The second-order valence-corrected chi connectivity index (χ2v) is 10.3. The highest BCUT2D eigenvalue weighted by Crippen LogP contribution is 2.29. The molecular formula is C31H38N2O4S. The van der Waals surface area contributed by atoms with Crippen molar-refractivity contribution in [1.29, 1.82) is 0 Å². The topological polar surface area (TPSA) is 78.9 Å². The number of carboxylic acids is 1. The molecule has 202 valence electrons. The van der Waals surface area contributed by atoms with E-state index in [1.165, 1.54) is 0 Å². The molecule has 0 aromatic heterocycles. The molecule has 1 amide bonds. The zero-order chi connectivity index (χ0) is 27.3. The molecule has 38 heavy (non-hydrogen) atoms. The standard InChI is InChI=1S/C31H38N2O4S/c1-4-5-18-33(37-22-24-12-7-6-8-13-24)21-25-15-16-27(28(20-25)26-14-10-9-11-23(26)2)30(34)32-29(31(35)36)17-19-38-3/h6-16,20,29H,4-5,17-19,21-22H2,1-3H3,(H,32,34)(H,35,36). The third-order valence-corrected chi connectivity index (χ3v) is 7.00. The molecular weight excluding hydrogens is 496 g/mol. The van der Waals surface area contributed by atoms with Crippen molar-refractivity contribution in [3.63, 3.8) is 0 Å². The Morgan fingerprint density at radius 3 is 2.42 bits per heavy atom. The number of carbonyl (C=O) groups excluding carboxylic acids is 1. The van der Waals surface area contributed by atoms with E-state index in [0.717, 1.165) is 47.2 Å². The van der Waals surface area contributed by atoms with Gasteiger partial charge in [-0.1, -0.05) is 74.0 Å². The van der Waals surface area contributed by atoms with Gasteiger partial charge in [0.05, 0.1) is 6.61 Å². The first kappa shape index (κ1) is 29.4. The van der Waals surface area contributed by atoms with E-state index in [2.05, 4.69) is 12.2 Å². The van der Waals surface area contributed by atoms with Crippen molar-refractivity contribution in [2.45, 2.75) is 52.3 Å². The largest absolute Gasteiger partial charge is 0.480 e. The van der Waals surface area contributed by atoms with E-state index in [1.807, 2.05) is 85.0 Å². The van der Waals surface area contributed by atoms with E-state index < -0.39 is 12.0 Å². The number of carbonyl (C=O) groups is 2. The van der Waals surface area contributed by atoms with Crippen molar-refractivity contribution in [3.05, 3.63) is 95.1 Å². The molecule has 0 fully saturated rings. The number of nitrogens with one attached hydrogen (secondary N) is 1. The van der Waals surface area contributed by atoms with E-state index in [-0.39, 0.29) is 5.91 Å². The lowest BCUT2D eigenvalue weighted by Crippen LogP contribution is -2.41. The molecule has 3 aromatic rings. The average molecular weight is 535 g/mol. The predicted molar refractivity (Wildman–Crippen MR) is 155 cm³/mol. The molecule has 0 spiro atoms. The van der Waals surface area contributed by atoms with Crippen LogP contribution >= 0.6 is 11.8 Å². The molecule has 0 aliphatic carbocycles. The van der Waals surface area contributed by atoms with E-state index in [9.17, 15) is 14.7 Å². The lowest BCUT2D eigenvalue weighted by Gasteiger charge is -2.23. The van der Waals surface area contributed by atoms with Gasteiger partial charge in [-0.25, -0.2) is 4.79 Å². The molecule has 0 radical (unpaired) electrons. The SMILES string of the molecule is CCCCN(Cc1ccc(C(=O)NC(CCSC)C(=O)O)c(-c2ccccc2C)c1)OCc1ccccc1. The summed E-state index contributed by atoms with van der Waals surface area (Å²) in [5.41, 5.74) is 5.35. The van der Waals surface area contributed by atoms with E-state index in [4.69, 9.17) is 4.84 Å². The molecule has 0 heterocycles. The summed E-state index contributed by atoms with van der Waals surface area (Å²) in [5, 5.41) is 14.3.